The average Bonchev–Trinajstić information content (AvgIpc) is 3.41. The van der Waals surface area contributed by atoms with E-state index in [1.807, 2.05) is 151 Å². The standard InChI is InChI=1S/C61H65N11O6S2/c1-36(2)47-23-21-45-49(62-34-63-53(45)68-47)33-40-31-38(11-25-51(40)79-43-17-13-41(14-18-43)66-58(75)77-60(5,6)7)56(73)71-27-29-72(30-28-71)57(74)39-12-26-52(80-44-19-15-42(16-20-44)67-59(76)78-61(8,9)10)50(32-39)70-55-46-22-24-48(37(3)4)69-54(46)64-35-65-55/h11-26,31-32,34-37H,27-30,33H2,1-10H3,(H,66,75)(H,67,76)(H,64,65,69,70). The SMILES string of the molecule is CC(C)c1ccc2c(Cc3cc(C(=O)N4CCN(C(=O)c5ccc(Sc6ccc(NC(=O)OC(C)(C)C)cc6)c(Nc6ncnc7nc(C(C)C)ccc67)c5)CC4)ccc3Sc3ccc(NC(=O)OC(C)(C)C)cc3)ncnc2n1. The Bertz CT molecular complexity index is 3360. The Kier molecular flexibility index (Phi) is 17.0. The van der Waals surface area contributed by atoms with Gasteiger partial charge in [0.05, 0.1) is 16.8 Å². The van der Waals surface area contributed by atoms with Gasteiger partial charge in [-0.2, -0.15) is 0 Å². The second-order valence-electron chi connectivity index (χ2n) is 22.0. The smallest absolute Gasteiger partial charge is 0.412 e. The molecule has 0 bridgehead atoms. The molecule has 1 aliphatic rings. The van der Waals surface area contributed by atoms with Crippen molar-refractivity contribution in [3.05, 3.63) is 156 Å². The molecule has 9 rings (SSSR count). The molecule has 4 aromatic carbocycles. The van der Waals surface area contributed by atoms with E-state index >= 15 is 0 Å². The molecular formula is C61H65N11O6S2. The van der Waals surface area contributed by atoms with Crippen molar-refractivity contribution in [2.24, 2.45) is 0 Å². The molecule has 0 radical (unpaired) electrons. The minimum Gasteiger partial charge on any atom is -0.444 e. The summed E-state index contributed by atoms with van der Waals surface area (Å²) in [6, 6.07) is 34.2. The van der Waals surface area contributed by atoms with Crippen LogP contribution in [0.5, 0.6) is 0 Å². The number of ether oxygens (including phenoxy) is 2. The van der Waals surface area contributed by atoms with E-state index < -0.39 is 23.4 Å². The number of hydrogen-bond donors (Lipinski definition) is 3. The van der Waals surface area contributed by atoms with Crippen LogP contribution in [0.15, 0.2) is 141 Å². The lowest BCUT2D eigenvalue weighted by atomic mass is 10.0. The van der Waals surface area contributed by atoms with Gasteiger partial charge in [-0.15, -0.1) is 0 Å². The summed E-state index contributed by atoms with van der Waals surface area (Å²) in [6.45, 7) is 20.5. The van der Waals surface area contributed by atoms with Gasteiger partial charge in [0.1, 0.15) is 29.7 Å². The van der Waals surface area contributed by atoms with Crippen molar-refractivity contribution in [3.8, 4) is 0 Å². The van der Waals surface area contributed by atoms with E-state index in [4.69, 9.17) is 24.4 Å². The van der Waals surface area contributed by atoms with Crippen LogP contribution < -0.4 is 16.0 Å². The molecule has 0 atom stereocenters. The lowest BCUT2D eigenvalue weighted by Crippen LogP contribution is -2.50. The maximum atomic E-state index is 14.5. The highest BCUT2D eigenvalue weighted by molar-refractivity contribution is 7.99. The summed E-state index contributed by atoms with van der Waals surface area (Å²) in [5, 5.41) is 10.6. The predicted molar refractivity (Wildman–Crippen MR) is 314 cm³/mol. The lowest BCUT2D eigenvalue weighted by molar-refractivity contribution is 0.0535. The van der Waals surface area contributed by atoms with Crippen LogP contribution in [0.2, 0.25) is 0 Å². The van der Waals surface area contributed by atoms with Crippen molar-refractivity contribution in [2.75, 3.05) is 42.1 Å². The van der Waals surface area contributed by atoms with Gasteiger partial charge in [-0.3, -0.25) is 20.2 Å². The van der Waals surface area contributed by atoms with Crippen LogP contribution in [0.4, 0.5) is 32.5 Å². The quantitative estimate of drug-likeness (QED) is 0.0926. The van der Waals surface area contributed by atoms with Crippen molar-refractivity contribution < 1.29 is 28.7 Å². The lowest BCUT2D eigenvalue weighted by Gasteiger charge is -2.35. The number of carbonyl (C=O) groups excluding carboxylic acids is 4. The van der Waals surface area contributed by atoms with Crippen LogP contribution in [0.25, 0.3) is 22.1 Å². The molecule has 0 saturated carbocycles. The van der Waals surface area contributed by atoms with E-state index in [2.05, 4.69) is 58.6 Å². The molecule has 1 fully saturated rings. The van der Waals surface area contributed by atoms with Crippen LogP contribution in [0.3, 0.4) is 0 Å². The largest absolute Gasteiger partial charge is 0.444 e. The molecular weight excluding hydrogens is 1050 g/mol. The van der Waals surface area contributed by atoms with Crippen molar-refractivity contribution >= 4 is 92.5 Å². The predicted octanol–water partition coefficient (Wildman–Crippen LogP) is 13.5. The maximum Gasteiger partial charge on any atom is 0.412 e. The fourth-order valence-electron chi connectivity index (χ4n) is 8.75. The highest BCUT2D eigenvalue weighted by Gasteiger charge is 2.28. The Hall–Kier alpha value is -8.16. The Balaban J connectivity index is 0.936. The summed E-state index contributed by atoms with van der Waals surface area (Å²) < 4.78 is 10.9. The summed E-state index contributed by atoms with van der Waals surface area (Å²) >= 11 is 3.03. The number of nitrogens with one attached hydrogen (secondary N) is 3. The number of carbonyl (C=O) groups is 4. The van der Waals surface area contributed by atoms with Crippen molar-refractivity contribution in [1.82, 2.24) is 39.7 Å². The number of amides is 4. The first-order chi connectivity index (χ1) is 38.1. The maximum absolute atomic E-state index is 14.5. The fraction of sp³-hybridized carbons (Fsp3) is 0.311. The summed E-state index contributed by atoms with van der Waals surface area (Å²) in [5.41, 5.74) is 6.24. The minimum absolute atomic E-state index is 0.142. The van der Waals surface area contributed by atoms with Gasteiger partial charge in [0.25, 0.3) is 11.8 Å². The first-order valence-corrected chi connectivity index (χ1v) is 28.2. The number of pyridine rings is 2. The molecule has 412 valence electrons. The van der Waals surface area contributed by atoms with Crippen LogP contribution in [0, 0.1) is 0 Å². The van der Waals surface area contributed by atoms with Crippen molar-refractivity contribution in [1.29, 1.82) is 0 Å². The number of hydrogen-bond acceptors (Lipinski definition) is 15. The van der Waals surface area contributed by atoms with E-state index in [1.54, 1.807) is 21.6 Å². The van der Waals surface area contributed by atoms with Gasteiger partial charge >= 0.3 is 12.2 Å². The summed E-state index contributed by atoms with van der Waals surface area (Å²) in [5.74, 6) is 0.657. The molecule has 4 amide bonds. The van der Waals surface area contributed by atoms with Gasteiger partial charge in [0.15, 0.2) is 11.3 Å². The van der Waals surface area contributed by atoms with Gasteiger partial charge < -0.3 is 24.6 Å². The van der Waals surface area contributed by atoms with E-state index in [0.717, 1.165) is 53.0 Å². The minimum atomic E-state index is -0.636. The van der Waals surface area contributed by atoms with Gasteiger partial charge in [-0.05, 0) is 168 Å². The third-order valence-corrected chi connectivity index (χ3v) is 15.0. The number of piperazine rings is 1. The second kappa shape index (κ2) is 24.1. The molecule has 0 unspecified atom stereocenters. The Morgan fingerprint density at radius 1 is 0.550 bits per heavy atom. The zero-order chi connectivity index (χ0) is 56.9. The molecule has 5 heterocycles. The summed E-state index contributed by atoms with van der Waals surface area (Å²) in [6.07, 6.45) is 2.34. The second-order valence-corrected chi connectivity index (χ2v) is 24.2. The highest BCUT2D eigenvalue weighted by atomic mass is 32.2. The Morgan fingerprint density at radius 2 is 1.01 bits per heavy atom. The van der Waals surface area contributed by atoms with E-state index in [-0.39, 0.29) is 23.7 Å². The molecule has 0 aliphatic carbocycles. The molecule has 1 aliphatic heterocycles. The Labute approximate surface area is 474 Å². The van der Waals surface area contributed by atoms with E-state index in [1.165, 1.54) is 24.4 Å². The van der Waals surface area contributed by atoms with Crippen molar-refractivity contribution in [3.63, 3.8) is 0 Å². The third-order valence-electron chi connectivity index (χ3n) is 12.8. The Morgan fingerprint density at radius 3 is 1.52 bits per heavy atom. The van der Waals surface area contributed by atoms with E-state index in [9.17, 15) is 19.2 Å². The first-order valence-electron chi connectivity index (χ1n) is 26.5. The molecule has 4 aromatic heterocycles. The van der Waals surface area contributed by atoms with Crippen LogP contribution in [-0.2, 0) is 15.9 Å². The summed E-state index contributed by atoms with van der Waals surface area (Å²) in [4.78, 5) is 89.0. The number of rotatable bonds is 14. The van der Waals surface area contributed by atoms with Crippen LogP contribution in [-0.4, -0.2) is 101 Å². The van der Waals surface area contributed by atoms with Gasteiger partial charge in [0, 0.05) is 91.5 Å². The highest BCUT2D eigenvalue weighted by Crippen LogP contribution is 2.38. The molecule has 19 heteroatoms. The number of fused-ring (bicyclic) bond motifs is 2. The molecule has 3 N–H and O–H groups in total. The molecule has 80 heavy (non-hydrogen) atoms. The molecule has 1 saturated heterocycles. The monoisotopic (exact) mass is 1110 g/mol. The normalized spacial score (nSPS) is 12.9. The summed E-state index contributed by atoms with van der Waals surface area (Å²) in [7, 11) is 0. The van der Waals surface area contributed by atoms with Crippen LogP contribution >= 0.6 is 23.5 Å². The average molecular weight is 1110 g/mol. The van der Waals surface area contributed by atoms with Gasteiger partial charge in [0.2, 0.25) is 0 Å². The van der Waals surface area contributed by atoms with Crippen molar-refractivity contribution in [2.45, 2.75) is 118 Å². The fourth-order valence-corrected chi connectivity index (χ4v) is 10.6. The van der Waals surface area contributed by atoms with Crippen LogP contribution in [0.1, 0.15) is 124 Å². The van der Waals surface area contributed by atoms with E-state index in [0.29, 0.717) is 77.9 Å². The number of benzene rings is 4. The first kappa shape index (κ1) is 56.6. The van der Waals surface area contributed by atoms with Gasteiger partial charge in [-0.25, -0.2) is 39.5 Å². The zero-order valence-corrected chi connectivity index (χ0v) is 48.2. The van der Waals surface area contributed by atoms with Gasteiger partial charge in [-0.1, -0.05) is 51.2 Å². The number of anilines is 4. The molecule has 8 aromatic rings. The third kappa shape index (κ3) is 14.4. The topological polar surface area (TPSA) is 207 Å². The molecule has 17 nitrogen and oxygen atoms in total. The number of nitrogens with zero attached hydrogens (tertiary/aromatic N) is 8. The zero-order valence-electron chi connectivity index (χ0n) is 46.6. The molecule has 0 spiro atoms. The number of aromatic nitrogens is 6.